The van der Waals surface area contributed by atoms with Crippen LogP contribution >= 0.6 is 0 Å². The molecule has 1 heterocycles. The minimum atomic E-state index is 0.182. The Kier molecular flexibility index (Phi) is 4.19. The third-order valence-electron chi connectivity index (χ3n) is 5.29. The van der Waals surface area contributed by atoms with E-state index < -0.39 is 0 Å². The van der Waals surface area contributed by atoms with Crippen molar-refractivity contribution in [3.05, 3.63) is 96.6 Å². The first-order valence-electron chi connectivity index (χ1n) is 9.54. The fourth-order valence-electron chi connectivity index (χ4n) is 3.81. The van der Waals surface area contributed by atoms with Gasteiger partial charge in [0.05, 0.1) is 0 Å². The Labute approximate surface area is 163 Å². The van der Waals surface area contributed by atoms with E-state index in [0.717, 1.165) is 38.6 Å². The summed E-state index contributed by atoms with van der Waals surface area (Å²) in [5.41, 5.74) is 7.61. The van der Waals surface area contributed by atoms with Crippen molar-refractivity contribution >= 4 is 21.9 Å². The van der Waals surface area contributed by atoms with Crippen molar-refractivity contribution in [1.82, 2.24) is 0 Å². The Morgan fingerprint density at radius 1 is 0.607 bits per heavy atom. The maximum Gasteiger partial charge on any atom is 0.143 e. The summed E-state index contributed by atoms with van der Waals surface area (Å²) in [6.45, 7) is 0.182. The highest BCUT2D eigenvalue weighted by Crippen LogP contribution is 2.36. The predicted molar refractivity (Wildman–Crippen MR) is 115 cm³/mol. The second-order valence-corrected chi connectivity index (χ2v) is 7.03. The van der Waals surface area contributed by atoms with Crippen LogP contribution in [0.5, 0.6) is 0 Å². The predicted octanol–water partition coefficient (Wildman–Crippen LogP) is 6.45. The van der Waals surface area contributed by atoms with Gasteiger partial charge in [0, 0.05) is 22.9 Å². The van der Waals surface area contributed by atoms with Crippen molar-refractivity contribution in [1.29, 1.82) is 0 Å². The molecule has 0 saturated heterocycles. The van der Waals surface area contributed by atoms with Crippen LogP contribution in [0.1, 0.15) is 5.56 Å². The van der Waals surface area contributed by atoms with Gasteiger partial charge < -0.3 is 9.52 Å². The summed E-state index contributed by atoms with van der Waals surface area (Å²) in [6, 6.07) is 31.5. The standard InChI is InChI=1S/C26H20O2/c27-17-16-18-8-10-19(11-9-18)20-12-14-21(15-13-20)22-5-3-6-24-23-4-1-2-7-25(23)28-26(22)24/h1-15,27H,16-17H2. The summed E-state index contributed by atoms with van der Waals surface area (Å²) in [5, 5.41) is 11.4. The molecule has 2 nitrogen and oxygen atoms in total. The van der Waals surface area contributed by atoms with E-state index in [0.29, 0.717) is 6.42 Å². The number of furan rings is 1. The number of hydrogen-bond acceptors (Lipinski definition) is 2. The van der Waals surface area contributed by atoms with E-state index in [9.17, 15) is 0 Å². The number of aliphatic hydroxyl groups is 1. The fourth-order valence-corrected chi connectivity index (χ4v) is 3.81. The van der Waals surface area contributed by atoms with Crippen LogP contribution in [0.4, 0.5) is 0 Å². The van der Waals surface area contributed by atoms with Gasteiger partial charge in [-0.2, -0.15) is 0 Å². The number of rotatable bonds is 4. The zero-order valence-corrected chi connectivity index (χ0v) is 15.4. The van der Waals surface area contributed by atoms with Crippen LogP contribution in [-0.2, 0) is 6.42 Å². The molecule has 0 spiro atoms. The molecule has 28 heavy (non-hydrogen) atoms. The Morgan fingerprint density at radius 2 is 1.25 bits per heavy atom. The van der Waals surface area contributed by atoms with Crippen LogP contribution in [0.3, 0.4) is 0 Å². The van der Waals surface area contributed by atoms with E-state index >= 15 is 0 Å². The molecule has 2 heteroatoms. The van der Waals surface area contributed by atoms with Crippen molar-refractivity contribution in [3.8, 4) is 22.3 Å². The Morgan fingerprint density at radius 3 is 2.00 bits per heavy atom. The number of benzene rings is 4. The maximum atomic E-state index is 9.06. The quantitative estimate of drug-likeness (QED) is 0.397. The van der Waals surface area contributed by atoms with Gasteiger partial charge in [-0.25, -0.2) is 0 Å². The molecule has 5 aromatic rings. The van der Waals surface area contributed by atoms with Gasteiger partial charge in [-0.05, 0) is 34.7 Å². The van der Waals surface area contributed by atoms with Gasteiger partial charge in [-0.3, -0.25) is 0 Å². The number of para-hydroxylation sites is 2. The van der Waals surface area contributed by atoms with E-state index in [1.807, 2.05) is 18.2 Å². The van der Waals surface area contributed by atoms with Crippen molar-refractivity contribution in [2.24, 2.45) is 0 Å². The first-order valence-corrected chi connectivity index (χ1v) is 9.54. The fraction of sp³-hybridized carbons (Fsp3) is 0.0769. The van der Waals surface area contributed by atoms with Gasteiger partial charge in [0.15, 0.2) is 0 Å². The number of fused-ring (bicyclic) bond motifs is 3. The number of hydrogen-bond donors (Lipinski definition) is 1. The van der Waals surface area contributed by atoms with E-state index in [4.69, 9.17) is 9.52 Å². The van der Waals surface area contributed by atoms with Crippen molar-refractivity contribution in [3.63, 3.8) is 0 Å². The molecule has 0 amide bonds. The average molecular weight is 364 g/mol. The highest BCUT2D eigenvalue weighted by molar-refractivity contribution is 6.09. The lowest BCUT2D eigenvalue weighted by molar-refractivity contribution is 0.299. The van der Waals surface area contributed by atoms with Crippen LogP contribution in [0, 0.1) is 0 Å². The molecule has 0 atom stereocenters. The summed E-state index contributed by atoms with van der Waals surface area (Å²) in [4.78, 5) is 0. The molecule has 0 aliphatic rings. The van der Waals surface area contributed by atoms with Crippen molar-refractivity contribution in [2.45, 2.75) is 6.42 Å². The van der Waals surface area contributed by atoms with Crippen LogP contribution < -0.4 is 0 Å². The van der Waals surface area contributed by atoms with E-state index in [1.54, 1.807) is 0 Å². The molecule has 0 aliphatic carbocycles. The molecular formula is C26H20O2. The molecule has 1 aromatic heterocycles. The average Bonchev–Trinajstić information content (AvgIpc) is 3.14. The van der Waals surface area contributed by atoms with Gasteiger partial charge in [-0.15, -0.1) is 0 Å². The third-order valence-corrected chi connectivity index (χ3v) is 5.29. The Bertz CT molecular complexity index is 1250. The molecule has 136 valence electrons. The van der Waals surface area contributed by atoms with Gasteiger partial charge in [-0.1, -0.05) is 84.9 Å². The molecule has 0 aliphatic heterocycles. The molecule has 0 saturated carbocycles. The van der Waals surface area contributed by atoms with Gasteiger partial charge in [0.1, 0.15) is 11.2 Å². The van der Waals surface area contributed by atoms with E-state index in [2.05, 4.69) is 72.8 Å². The monoisotopic (exact) mass is 364 g/mol. The molecule has 0 radical (unpaired) electrons. The normalized spacial score (nSPS) is 11.3. The Hall–Kier alpha value is -3.36. The van der Waals surface area contributed by atoms with Crippen LogP contribution in [0.2, 0.25) is 0 Å². The zero-order valence-electron chi connectivity index (χ0n) is 15.4. The second kappa shape index (κ2) is 6.99. The van der Waals surface area contributed by atoms with Crippen LogP contribution in [0.15, 0.2) is 95.4 Å². The van der Waals surface area contributed by atoms with E-state index in [-0.39, 0.29) is 6.61 Å². The molecule has 0 fully saturated rings. The lowest BCUT2D eigenvalue weighted by atomic mass is 9.98. The topological polar surface area (TPSA) is 33.4 Å². The minimum absolute atomic E-state index is 0.182. The summed E-state index contributed by atoms with van der Waals surface area (Å²) >= 11 is 0. The Balaban J connectivity index is 1.54. The molecule has 0 bridgehead atoms. The third kappa shape index (κ3) is 2.88. The smallest absolute Gasteiger partial charge is 0.143 e. The highest BCUT2D eigenvalue weighted by atomic mass is 16.3. The minimum Gasteiger partial charge on any atom is -0.455 e. The van der Waals surface area contributed by atoms with Gasteiger partial charge >= 0.3 is 0 Å². The second-order valence-electron chi connectivity index (χ2n) is 7.03. The summed E-state index contributed by atoms with van der Waals surface area (Å²) in [5.74, 6) is 0. The molecule has 4 aromatic carbocycles. The first kappa shape index (κ1) is 16.8. The van der Waals surface area contributed by atoms with Crippen LogP contribution in [0.25, 0.3) is 44.2 Å². The lowest BCUT2D eigenvalue weighted by Crippen LogP contribution is -1.89. The largest absolute Gasteiger partial charge is 0.455 e. The van der Waals surface area contributed by atoms with E-state index in [1.165, 1.54) is 11.1 Å². The zero-order chi connectivity index (χ0) is 18.9. The first-order chi connectivity index (χ1) is 13.8. The highest BCUT2D eigenvalue weighted by Gasteiger charge is 2.11. The SMILES string of the molecule is OCCc1ccc(-c2ccc(-c3cccc4c3oc3ccccc34)cc2)cc1. The summed E-state index contributed by atoms with van der Waals surface area (Å²) < 4.78 is 6.17. The summed E-state index contributed by atoms with van der Waals surface area (Å²) in [7, 11) is 0. The number of aliphatic hydroxyl groups excluding tert-OH is 1. The van der Waals surface area contributed by atoms with Crippen molar-refractivity contribution < 1.29 is 9.52 Å². The maximum absolute atomic E-state index is 9.06. The van der Waals surface area contributed by atoms with Crippen LogP contribution in [-0.4, -0.2) is 11.7 Å². The molecule has 1 N–H and O–H groups in total. The van der Waals surface area contributed by atoms with Gasteiger partial charge in [0.2, 0.25) is 0 Å². The summed E-state index contributed by atoms with van der Waals surface area (Å²) in [6.07, 6.45) is 0.695. The van der Waals surface area contributed by atoms with Gasteiger partial charge in [0.25, 0.3) is 0 Å². The molecular weight excluding hydrogens is 344 g/mol. The van der Waals surface area contributed by atoms with Crippen molar-refractivity contribution in [2.75, 3.05) is 6.61 Å². The molecule has 5 rings (SSSR count). The molecule has 0 unspecified atom stereocenters. The lowest BCUT2D eigenvalue weighted by Gasteiger charge is -2.07.